The van der Waals surface area contributed by atoms with Crippen molar-refractivity contribution in [1.82, 2.24) is 4.98 Å². The average Bonchev–Trinajstić information content (AvgIpc) is 2.53. The number of halogens is 1. The Labute approximate surface area is 185 Å². The molecular weight excluding hydrogens is 381 g/mol. The van der Waals surface area contributed by atoms with Gasteiger partial charge in [0.05, 0.1) is 17.2 Å². The molecule has 0 saturated carbocycles. The summed E-state index contributed by atoms with van der Waals surface area (Å²) in [6.45, 7) is 2.09. The molecule has 0 atom stereocenters. The van der Waals surface area contributed by atoms with Gasteiger partial charge in [-0.3, -0.25) is 0 Å². The quantitative estimate of drug-likeness (QED) is 0.612. The molecule has 0 spiro atoms. The Kier molecular flexibility index (Phi) is 6.54. The number of carbonyl (C=O) groups is 1. The maximum Gasteiger partial charge on any atom is 1.00 e. The average molecular weight is 394 g/mol. The van der Waals surface area contributed by atoms with Crippen molar-refractivity contribution in [3.8, 4) is 11.3 Å². The van der Waals surface area contributed by atoms with Gasteiger partial charge in [0.1, 0.15) is 0 Å². The Balaban J connectivity index is 0.00000192. The monoisotopic (exact) mass is 393 g/mol. The fraction of sp³-hybridized carbons (Fsp3) is 0.111. The number of rotatable bonds is 3. The minimum atomic E-state index is -1.20. The third kappa shape index (κ3) is 4.10. The van der Waals surface area contributed by atoms with E-state index in [9.17, 15) is 9.90 Å². The molecule has 0 saturated heterocycles. The van der Waals surface area contributed by atoms with Crippen LogP contribution in [0.1, 0.15) is 22.8 Å². The van der Waals surface area contributed by atoms with Crippen molar-refractivity contribution in [2.24, 2.45) is 0 Å². The van der Waals surface area contributed by atoms with Crippen LogP contribution in [0.4, 0.5) is 0 Å². The van der Waals surface area contributed by atoms with Gasteiger partial charge in [-0.2, -0.15) is 0 Å². The molecule has 3 nitrogen and oxygen atoms in total. The summed E-state index contributed by atoms with van der Waals surface area (Å²) in [6.07, 6.45) is 0.962. The fourth-order valence-electron chi connectivity index (χ4n) is 2.43. The number of carboxylic acids is 1. The molecule has 0 amide bonds. The van der Waals surface area contributed by atoms with Gasteiger partial charge in [-0.05, 0) is 36.2 Å². The van der Waals surface area contributed by atoms with Gasteiger partial charge in [0, 0.05) is 21.0 Å². The largest absolute Gasteiger partial charge is 1.00 e. The van der Waals surface area contributed by atoms with E-state index >= 15 is 0 Å². The first-order valence-corrected chi connectivity index (χ1v) is 7.78. The van der Waals surface area contributed by atoms with Crippen LogP contribution in [0, 0.1) is 0 Å². The van der Waals surface area contributed by atoms with Crippen LogP contribution in [0.2, 0.25) is 0 Å². The molecule has 0 aliphatic carbocycles. The van der Waals surface area contributed by atoms with Crippen LogP contribution in [0.15, 0.2) is 53.0 Å². The normalized spacial score (nSPS) is 10.3. The number of aromatic nitrogens is 1. The van der Waals surface area contributed by atoms with Gasteiger partial charge >= 0.3 is 51.4 Å². The van der Waals surface area contributed by atoms with Crippen LogP contribution in [-0.2, 0) is 6.42 Å². The zero-order chi connectivity index (χ0) is 15.7. The van der Waals surface area contributed by atoms with E-state index in [-0.39, 0.29) is 56.9 Å². The summed E-state index contributed by atoms with van der Waals surface area (Å²) in [4.78, 5) is 16.0. The molecule has 1 heterocycles. The number of benzene rings is 2. The maximum absolute atomic E-state index is 11.5. The SMILES string of the molecule is CCc1ccc(-c2cc(C(=O)[O-])c3cc(Br)ccc3n2)cc1.[K+]. The van der Waals surface area contributed by atoms with E-state index in [1.165, 1.54) is 5.56 Å². The van der Waals surface area contributed by atoms with Crippen molar-refractivity contribution in [1.29, 1.82) is 0 Å². The molecule has 3 aromatic rings. The topological polar surface area (TPSA) is 53.0 Å². The molecule has 0 unspecified atom stereocenters. The summed E-state index contributed by atoms with van der Waals surface area (Å²) < 4.78 is 0.810. The Morgan fingerprint density at radius 3 is 2.43 bits per heavy atom. The number of carbonyl (C=O) groups excluding carboxylic acids is 1. The molecule has 23 heavy (non-hydrogen) atoms. The number of pyridine rings is 1. The number of aromatic carboxylic acids is 1. The zero-order valence-electron chi connectivity index (χ0n) is 13.0. The van der Waals surface area contributed by atoms with Crippen LogP contribution in [0.5, 0.6) is 0 Å². The van der Waals surface area contributed by atoms with Crippen molar-refractivity contribution in [3.05, 3.63) is 64.1 Å². The Morgan fingerprint density at radius 2 is 1.83 bits per heavy atom. The second kappa shape index (κ2) is 8.01. The first-order chi connectivity index (χ1) is 10.6. The van der Waals surface area contributed by atoms with Crippen molar-refractivity contribution in [3.63, 3.8) is 0 Å². The van der Waals surface area contributed by atoms with Gasteiger partial charge in [-0.1, -0.05) is 47.1 Å². The van der Waals surface area contributed by atoms with Gasteiger partial charge in [0.15, 0.2) is 0 Å². The molecule has 5 heteroatoms. The smallest absolute Gasteiger partial charge is 0.545 e. The second-order valence-electron chi connectivity index (χ2n) is 5.05. The van der Waals surface area contributed by atoms with Crippen molar-refractivity contribution in [2.45, 2.75) is 13.3 Å². The molecule has 0 fully saturated rings. The molecule has 0 bridgehead atoms. The minimum absolute atomic E-state index is 0. The van der Waals surface area contributed by atoms with Crippen LogP contribution in [0.25, 0.3) is 22.2 Å². The molecule has 110 valence electrons. The number of carboxylic acid groups (broad SMARTS) is 1. The summed E-state index contributed by atoms with van der Waals surface area (Å²) in [6, 6.07) is 15.0. The van der Waals surface area contributed by atoms with E-state index in [2.05, 4.69) is 27.8 Å². The van der Waals surface area contributed by atoms with Gasteiger partial charge in [-0.15, -0.1) is 0 Å². The second-order valence-corrected chi connectivity index (χ2v) is 5.97. The van der Waals surface area contributed by atoms with Crippen molar-refractivity contribution in [2.75, 3.05) is 0 Å². The van der Waals surface area contributed by atoms with Gasteiger partial charge in [0.2, 0.25) is 0 Å². The van der Waals surface area contributed by atoms with Crippen LogP contribution in [-0.4, -0.2) is 11.0 Å². The van der Waals surface area contributed by atoms with Gasteiger partial charge in [0.25, 0.3) is 0 Å². The number of aryl methyl sites for hydroxylation is 1. The minimum Gasteiger partial charge on any atom is -0.545 e. The molecule has 0 aliphatic heterocycles. The molecule has 2 aromatic carbocycles. The molecule has 3 rings (SSSR count). The summed E-state index contributed by atoms with van der Waals surface area (Å²) in [5.41, 5.74) is 3.55. The van der Waals surface area contributed by atoms with Gasteiger partial charge in [-0.25, -0.2) is 4.98 Å². The first kappa shape index (κ1) is 18.8. The molecule has 0 aliphatic rings. The number of hydrogen-bond acceptors (Lipinski definition) is 3. The van der Waals surface area contributed by atoms with E-state index in [0.717, 1.165) is 16.5 Å². The summed E-state index contributed by atoms with van der Waals surface area (Å²) >= 11 is 3.35. The van der Waals surface area contributed by atoms with Crippen LogP contribution in [0.3, 0.4) is 0 Å². The van der Waals surface area contributed by atoms with E-state index in [1.54, 1.807) is 18.2 Å². The third-order valence-corrected chi connectivity index (χ3v) is 4.14. The Bertz CT molecular complexity index is 863. The number of fused-ring (bicyclic) bond motifs is 1. The van der Waals surface area contributed by atoms with Crippen LogP contribution >= 0.6 is 15.9 Å². The maximum atomic E-state index is 11.5. The van der Waals surface area contributed by atoms with Crippen LogP contribution < -0.4 is 56.5 Å². The fourth-order valence-corrected chi connectivity index (χ4v) is 2.79. The number of hydrogen-bond donors (Lipinski definition) is 0. The number of nitrogens with zero attached hydrogens (tertiary/aromatic N) is 1. The molecule has 0 N–H and O–H groups in total. The first-order valence-electron chi connectivity index (χ1n) is 6.99. The Hall–Kier alpha value is -0.564. The van der Waals surface area contributed by atoms with E-state index in [0.29, 0.717) is 16.6 Å². The van der Waals surface area contributed by atoms with E-state index in [4.69, 9.17) is 0 Å². The predicted octanol–water partition coefficient (Wildman–Crippen LogP) is 0.594. The molecule has 0 radical (unpaired) electrons. The van der Waals surface area contributed by atoms with E-state index < -0.39 is 5.97 Å². The molecular formula is C18H13BrKNO2. The summed E-state index contributed by atoms with van der Waals surface area (Å²) in [5, 5.41) is 12.0. The third-order valence-electron chi connectivity index (χ3n) is 3.65. The van der Waals surface area contributed by atoms with Crippen molar-refractivity contribution < 1.29 is 61.3 Å². The predicted molar refractivity (Wildman–Crippen MR) is 88.6 cm³/mol. The molecule has 1 aromatic heterocycles. The van der Waals surface area contributed by atoms with E-state index in [1.807, 2.05) is 30.3 Å². The Morgan fingerprint density at radius 1 is 1.13 bits per heavy atom. The standard InChI is InChI=1S/C18H14BrNO2.K/c1-2-11-3-5-12(6-4-11)17-10-15(18(21)22)14-9-13(19)7-8-16(14)20-17;/h3-10H,2H2,1H3,(H,21,22);/q;+1/p-1. The van der Waals surface area contributed by atoms with Gasteiger partial charge < -0.3 is 9.90 Å². The zero-order valence-corrected chi connectivity index (χ0v) is 17.7. The van der Waals surface area contributed by atoms with Crippen molar-refractivity contribution >= 4 is 32.8 Å². The summed E-state index contributed by atoms with van der Waals surface area (Å²) in [7, 11) is 0. The summed E-state index contributed by atoms with van der Waals surface area (Å²) in [5.74, 6) is -1.20.